The van der Waals surface area contributed by atoms with Gasteiger partial charge in [0.1, 0.15) is 6.73 Å². The molecule has 2 rings (SSSR count). The monoisotopic (exact) mass is 126 g/mol. The summed E-state index contributed by atoms with van der Waals surface area (Å²) in [5.74, 6) is 0. The third-order valence-corrected chi connectivity index (χ3v) is 2.23. The minimum absolute atomic E-state index is 0.499. The number of ether oxygens (including phenoxy) is 1. The molecule has 1 N–H and O–H groups in total. The Kier molecular flexibility index (Phi) is 1.44. The van der Waals surface area contributed by atoms with Crippen LogP contribution in [-0.4, -0.2) is 12.1 Å². The Morgan fingerprint density at radius 2 is 2.22 bits per heavy atom. The molecular weight excluding hydrogens is 114 g/mol. The number of hydrogen-bond acceptors (Lipinski definition) is 2. The van der Waals surface area contributed by atoms with E-state index in [1.54, 1.807) is 6.73 Å². The van der Waals surface area contributed by atoms with Crippen LogP contribution >= 0.6 is 0 Å². The quantitative estimate of drug-likeness (QED) is 0.523. The summed E-state index contributed by atoms with van der Waals surface area (Å²) in [5, 5.41) is 3.21. The fourth-order valence-corrected chi connectivity index (χ4v) is 1.66. The van der Waals surface area contributed by atoms with Gasteiger partial charge in [0.15, 0.2) is 0 Å². The van der Waals surface area contributed by atoms with Crippen LogP contribution in [0.4, 0.5) is 0 Å². The third kappa shape index (κ3) is 0.970. The van der Waals surface area contributed by atoms with Crippen molar-refractivity contribution in [2.75, 3.05) is 0 Å². The molecule has 9 heavy (non-hydrogen) atoms. The molecule has 2 atom stereocenters. The van der Waals surface area contributed by atoms with E-state index >= 15 is 0 Å². The highest BCUT2D eigenvalue weighted by Gasteiger charge is 2.29. The largest absolute Gasteiger partial charge is 0.354 e. The molecule has 2 nitrogen and oxygen atoms in total. The second-order valence-electron chi connectivity index (χ2n) is 2.85. The van der Waals surface area contributed by atoms with Crippen molar-refractivity contribution >= 4 is 0 Å². The molecule has 1 saturated heterocycles. The topological polar surface area (TPSA) is 21.3 Å². The maximum absolute atomic E-state index is 5.32. The van der Waals surface area contributed by atoms with Gasteiger partial charge in [-0.25, -0.2) is 0 Å². The fraction of sp³-hybridized carbons (Fsp3) is 0.857. The van der Waals surface area contributed by atoms with Gasteiger partial charge in [-0.3, -0.25) is 5.32 Å². The molecule has 2 fully saturated rings. The molecule has 1 saturated carbocycles. The molecule has 0 spiro atoms. The number of rotatable bonds is 0. The van der Waals surface area contributed by atoms with Crippen molar-refractivity contribution in [2.45, 2.75) is 37.8 Å². The lowest BCUT2D eigenvalue weighted by Crippen LogP contribution is -2.32. The predicted octanol–water partition coefficient (Wildman–Crippen LogP) is 1.04. The Morgan fingerprint density at radius 1 is 1.33 bits per heavy atom. The van der Waals surface area contributed by atoms with Crippen molar-refractivity contribution in [3.8, 4) is 0 Å². The Morgan fingerprint density at radius 3 is 3.11 bits per heavy atom. The van der Waals surface area contributed by atoms with Crippen LogP contribution in [-0.2, 0) is 4.74 Å². The lowest BCUT2D eigenvalue weighted by atomic mass is 9.93. The van der Waals surface area contributed by atoms with Crippen LogP contribution in [0, 0.1) is 6.73 Å². The van der Waals surface area contributed by atoms with Crippen LogP contribution in [0.25, 0.3) is 0 Å². The highest BCUT2D eigenvalue weighted by molar-refractivity contribution is 4.87. The molecule has 0 aromatic rings. The molecule has 2 aliphatic rings. The van der Waals surface area contributed by atoms with E-state index in [0.717, 1.165) is 0 Å². The zero-order valence-electron chi connectivity index (χ0n) is 5.47. The summed E-state index contributed by atoms with van der Waals surface area (Å²) in [7, 11) is 0. The van der Waals surface area contributed by atoms with E-state index < -0.39 is 0 Å². The normalized spacial score (nSPS) is 42.7. The smallest absolute Gasteiger partial charge is 0.148 e. The van der Waals surface area contributed by atoms with Crippen molar-refractivity contribution in [3.63, 3.8) is 0 Å². The lowest BCUT2D eigenvalue weighted by Gasteiger charge is -2.22. The Balaban J connectivity index is 1.97. The molecule has 0 bridgehead atoms. The molecule has 51 valence electrons. The van der Waals surface area contributed by atoms with E-state index in [1.807, 2.05) is 0 Å². The molecule has 1 heterocycles. The summed E-state index contributed by atoms with van der Waals surface area (Å²) >= 11 is 0. The average Bonchev–Trinajstić information content (AvgIpc) is 2.33. The van der Waals surface area contributed by atoms with E-state index in [9.17, 15) is 0 Å². The highest BCUT2D eigenvalue weighted by Crippen LogP contribution is 2.25. The van der Waals surface area contributed by atoms with Crippen LogP contribution in [0.5, 0.6) is 0 Å². The first-order chi connectivity index (χ1) is 4.47. The van der Waals surface area contributed by atoms with Crippen LogP contribution in [0.1, 0.15) is 25.7 Å². The van der Waals surface area contributed by atoms with Gasteiger partial charge in [-0.05, 0) is 12.8 Å². The van der Waals surface area contributed by atoms with Crippen molar-refractivity contribution in [1.82, 2.24) is 5.32 Å². The Labute approximate surface area is 55.6 Å². The molecule has 1 radical (unpaired) electrons. The predicted molar refractivity (Wildman–Crippen MR) is 34.6 cm³/mol. The van der Waals surface area contributed by atoms with Crippen LogP contribution in [0.15, 0.2) is 0 Å². The molecule has 0 amide bonds. The van der Waals surface area contributed by atoms with Crippen LogP contribution in [0.3, 0.4) is 0 Å². The van der Waals surface area contributed by atoms with E-state index in [2.05, 4.69) is 5.32 Å². The Hall–Kier alpha value is -0.0800. The van der Waals surface area contributed by atoms with E-state index in [0.29, 0.717) is 12.1 Å². The van der Waals surface area contributed by atoms with Crippen molar-refractivity contribution in [1.29, 1.82) is 0 Å². The highest BCUT2D eigenvalue weighted by atomic mass is 16.5. The maximum atomic E-state index is 5.32. The zero-order valence-corrected chi connectivity index (χ0v) is 5.47. The summed E-state index contributed by atoms with van der Waals surface area (Å²) < 4.78 is 5.32. The van der Waals surface area contributed by atoms with E-state index in [4.69, 9.17) is 4.74 Å². The van der Waals surface area contributed by atoms with Crippen molar-refractivity contribution in [2.24, 2.45) is 0 Å². The van der Waals surface area contributed by atoms with Crippen molar-refractivity contribution < 1.29 is 4.74 Å². The lowest BCUT2D eigenvalue weighted by molar-refractivity contribution is 0.115. The maximum Gasteiger partial charge on any atom is 0.148 e. The zero-order chi connectivity index (χ0) is 6.10. The van der Waals surface area contributed by atoms with Gasteiger partial charge >= 0.3 is 0 Å². The number of nitrogens with one attached hydrogen (secondary N) is 1. The second kappa shape index (κ2) is 2.27. The summed E-state index contributed by atoms with van der Waals surface area (Å²) in [6, 6.07) is 0.638. The summed E-state index contributed by atoms with van der Waals surface area (Å²) in [6.07, 6.45) is 5.75. The van der Waals surface area contributed by atoms with Gasteiger partial charge in [-0.1, -0.05) is 12.8 Å². The van der Waals surface area contributed by atoms with Gasteiger partial charge in [0.25, 0.3) is 0 Å². The van der Waals surface area contributed by atoms with Gasteiger partial charge in [0.05, 0.1) is 6.10 Å². The van der Waals surface area contributed by atoms with Crippen LogP contribution < -0.4 is 5.32 Å². The number of fused-ring (bicyclic) bond motifs is 1. The first kappa shape index (κ1) is 5.69. The summed E-state index contributed by atoms with van der Waals surface area (Å²) in [6.45, 7) is 1.75. The standard InChI is InChI=1S/C7H12NO/c1-2-4-7-6(3-1)8-5-9-7/h5-8H,1-4H2. The van der Waals surface area contributed by atoms with E-state index in [-0.39, 0.29) is 0 Å². The van der Waals surface area contributed by atoms with E-state index in [1.165, 1.54) is 25.7 Å². The first-order valence-corrected chi connectivity index (χ1v) is 3.70. The average molecular weight is 126 g/mol. The summed E-state index contributed by atoms with van der Waals surface area (Å²) in [4.78, 5) is 0. The summed E-state index contributed by atoms with van der Waals surface area (Å²) in [5.41, 5.74) is 0. The first-order valence-electron chi connectivity index (χ1n) is 3.70. The van der Waals surface area contributed by atoms with Gasteiger partial charge in [0, 0.05) is 6.04 Å². The molecule has 1 aliphatic heterocycles. The fourth-order valence-electron chi connectivity index (χ4n) is 1.66. The van der Waals surface area contributed by atoms with Gasteiger partial charge < -0.3 is 4.74 Å². The van der Waals surface area contributed by atoms with Gasteiger partial charge in [0.2, 0.25) is 0 Å². The molecule has 0 aromatic heterocycles. The van der Waals surface area contributed by atoms with Gasteiger partial charge in [-0.15, -0.1) is 0 Å². The second-order valence-corrected chi connectivity index (χ2v) is 2.85. The molecule has 1 aliphatic carbocycles. The minimum atomic E-state index is 0.499. The third-order valence-electron chi connectivity index (χ3n) is 2.23. The minimum Gasteiger partial charge on any atom is -0.354 e. The van der Waals surface area contributed by atoms with Gasteiger partial charge in [-0.2, -0.15) is 0 Å². The Bertz CT molecular complexity index is 93.1. The SMILES string of the molecule is [CH]1NC2CCCCC2O1. The number of hydrogen-bond donors (Lipinski definition) is 1. The molecular formula is C7H12NO. The van der Waals surface area contributed by atoms with Crippen molar-refractivity contribution in [3.05, 3.63) is 6.73 Å². The molecule has 0 aromatic carbocycles. The van der Waals surface area contributed by atoms with Crippen LogP contribution in [0.2, 0.25) is 0 Å². The molecule has 2 heteroatoms. The molecule has 2 unspecified atom stereocenters.